The zero-order valence-corrected chi connectivity index (χ0v) is 19.2. The molecule has 1 unspecified atom stereocenters. The van der Waals surface area contributed by atoms with Crippen molar-refractivity contribution in [3.63, 3.8) is 0 Å². The molecular weight excluding hydrogens is 456 g/mol. The molecule has 9 nitrogen and oxygen atoms in total. The molecule has 0 fully saturated rings. The van der Waals surface area contributed by atoms with Gasteiger partial charge >= 0.3 is 0 Å². The van der Waals surface area contributed by atoms with Crippen molar-refractivity contribution in [2.75, 3.05) is 25.2 Å². The first-order valence-electron chi connectivity index (χ1n) is 10.6. The molecule has 10 heteroatoms. The standard InChI is InChI=1S/C24H23ClN6O3/c1-34-15-14-27-24(33)23(17-10-12-26-13-11-17)31(19-8-6-18(25)7-9-19)22(32)16-30-21-5-3-2-4-20(21)28-29-30/h2-13,23H,14-16H2,1H3,(H,27,33). The molecule has 34 heavy (non-hydrogen) atoms. The first-order chi connectivity index (χ1) is 16.6. The van der Waals surface area contributed by atoms with Gasteiger partial charge in [-0.2, -0.15) is 0 Å². The number of benzene rings is 2. The molecule has 174 valence electrons. The number of amides is 2. The summed E-state index contributed by atoms with van der Waals surface area (Å²) in [6, 6.07) is 16.6. The Morgan fingerprint density at radius 2 is 1.82 bits per heavy atom. The number of rotatable bonds is 9. The van der Waals surface area contributed by atoms with Crippen molar-refractivity contribution in [2.45, 2.75) is 12.6 Å². The zero-order valence-electron chi connectivity index (χ0n) is 18.5. The topological polar surface area (TPSA) is 102 Å². The van der Waals surface area contributed by atoms with Crippen LogP contribution in [0.25, 0.3) is 11.0 Å². The number of fused-ring (bicyclic) bond motifs is 1. The molecule has 0 spiro atoms. The largest absolute Gasteiger partial charge is 0.383 e. The van der Waals surface area contributed by atoms with Crippen LogP contribution in [0.1, 0.15) is 11.6 Å². The van der Waals surface area contributed by atoms with Crippen molar-refractivity contribution in [3.8, 4) is 0 Å². The number of aromatic nitrogens is 4. The first kappa shape index (κ1) is 23.3. The van der Waals surface area contributed by atoms with Crippen LogP contribution in [-0.2, 0) is 20.9 Å². The highest BCUT2D eigenvalue weighted by Crippen LogP contribution is 2.29. The van der Waals surface area contributed by atoms with Gasteiger partial charge in [-0.05, 0) is 54.1 Å². The van der Waals surface area contributed by atoms with Crippen molar-refractivity contribution < 1.29 is 14.3 Å². The van der Waals surface area contributed by atoms with Crippen molar-refractivity contribution >= 4 is 40.1 Å². The van der Waals surface area contributed by atoms with Crippen LogP contribution in [0.15, 0.2) is 73.1 Å². The van der Waals surface area contributed by atoms with Gasteiger partial charge in [0.2, 0.25) is 11.8 Å². The minimum atomic E-state index is -0.955. The first-order valence-corrected chi connectivity index (χ1v) is 11.0. The number of carbonyl (C=O) groups excluding carboxylic acids is 2. The smallest absolute Gasteiger partial charge is 0.249 e. The maximum Gasteiger partial charge on any atom is 0.249 e. The fourth-order valence-electron chi connectivity index (χ4n) is 3.61. The van der Waals surface area contributed by atoms with E-state index >= 15 is 0 Å². The summed E-state index contributed by atoms with van der Waals surface area (Å²) in [7, 11) is 1.55. The monoisotopic (exact) mass is 478 g/mol. The summed E-state index contributed by atoms with van der Waals surface area (Å²) in [6.07, 6.45) is 3.17. The molecule has 0 saturated carbocycles. The lowest BCUT2D eigenvalue weighted by Gasteiger charge is -2.31. The zero-order chi connectivity index (χ0) is 23.9. The van der Waals surface area contributed by atoms with Gasteiger partial charge in [0.25, 0.3) is 0 Å². The van der Waals surface area contributed by atoms with E-state index in [1.165, 1.54) is 9.58 Å². The predicted molar refractivity (Wildman–Crippen MR) is 128 cm³/mol. The molecule has 0 aliphatic carbocycles. The molecule has 0 radical (unpaired) electrons. The van der Waals surface area contributed by atoms with Crippen molar-refractivity contribution in [2.24, 2.45) is 0 Å². The van der Waals surface area contributed by atoms with E-state index in [0.29, 0.717) is 34.9 Å². The molecule has 2 aromatic heterocycles. The fourth-order valence-corrected chi connectivity index (χ4v) is 3.74. The van der Waals surface area contributed by atoms with Gasteiger partial charge in [-0.15, -0.1) is 5.10 Å². The van der Waals surface area contributed by atoms with Crippen LogP contribution in [0.4, 0.5) is 5.69 Å². The molecule has 0 aliphatic rings. The van der Waals surface area contributed by atoms with Gasteiger partial charge in [-0.3, -0.25) is 19.5 Å². The lowest BCUT2D eigenvalue weighted by Crippen LogP contribution is -2.46. The van der Waals surface area contributed by atoms with Gasteiger partial charge in [-0.25, -0.2) is 4.68 Å². The Hall–Kier alpha value is -3.82. The van der Waals surface area contributed by atoms with Gasteiger partial charge in [-0.1, -0.05) is 28.9 Å². The highest BCUT2D eigenvalue weighted by molar-refractivity contribution is 6.30. The number of para-hydroxylation sites is 1. The molecule has 0 aliphatic heterocycles. The van der Waals surface area contributed by atoms with Gasteiger partial charge < -0.3 is 10.1 Å². The number of hydrogen-bond acceptors (Lipinski definition) is 6. The third-order valence-corrected chi connectivity index (χ3v) is 5.46. The highest BCUT2D eigenvalue weighted by Gasteiger charge is 2.33. The van der Waals surface area contributed by atoms with Crippen LogP contribution in [0.2, 0.25) is 5.02 Å². The van der Waals surface area contributed by atoms with Gasteiger partial charge in [0.15, 0.2) is 0 Å². The predicted octanol–water partition coefficient (Wildman–Crippen LogP) is 3.02. The van der Waals surface area contributed by atoms with E-state index in [-0.39, 0.29) is 18.4 Å². The van der Waals surface area contributed by atoms with Crippen LogP contribution in [0.5, 0.6) is 0 Å². The van der Waals surface area contributed by atoms with Gasteiger partial charge in [0, 0.05) is 36.8 Å². The number of hydrogen-bond donors (Lipinski definition) is 1. The SMILES string of the molecule is COCCNC(=O)C(c1ccncc1)N(C(=O)Cn1nnc2ccccc21)c1ccc(Cl)cc1. The Morgan fingerprint density at radius 1 is 1.09 bits per heavy atom. The van der Waals surface area contributed by atoms with E-state index in [1.807, 2.05) is 24.3 Å². The van der Waals surface area contributed by atoms with Crippen LogP contribution >= 0.6 is 11.6 Å². The van der Waals surface area contributed by atoms with Crippen LogP contribution in [0.3, 0.4) is 0 Å². The average molecular weight is 479 g/mol. The third kappa shape index (κ3) is 5.22. The molecule has 1 N–H and O–H groups in total. The van der Waals surface area contributed by atoms with Gasteiger partial charge in [0.05, 0.1) is 12.1 Å². The lowest BCUT2D eigenvalue weighted by atomic mass is 10.0. The number of halogens is 1. The summed E-state index contributed by atoms with van der Waals surface area (Å²) in [5.41, 5.74) is 2.52. The van der Waals surface area contributed by atoms with E-state index < -0.39 is 6.04 Å². The molecule has 2 heterocycles. The fraction of sp³-hybridized carbons (Fsp3) is 0.208. The number of carbonyl (C=O) groups is 2. The molecule has 2 aromatic carbocycles. The van der Waals surface area contributed by atoms with E-state index in [2.05, 4.69) is 20.6 Å². The van der Waals surface area contributed by atoms with Crippen molar-refractivity contribution in [1.29, 1.82) is 0 Å². The van der Waals surface area contributed by atoms with Crippen molar-refractivity contribution in [1.82, 2.24) is 25.3 Å². The van der Waals surface area contributed by atoms with Crippen LogP contribution in [0, 0.1) is 0 Å². The van der Waals surface area contributed by atoms with E-state index in [4.69, 9.17) is 16.3 Å². The van der Waals surface area contributed by atoms with Crippen molar-refractivity contribution in [3.05, 3.63) is 83.6 Å². The van der Waals surface area contributed by atoms with E-state index in [0.717, 1.165) is 5.52 Å². The number of nitrogens with one attached hydrogen (secondary N) is 1. The molecule has 0 saturated heterocycles. The average Bonchev–Trinajstić information content (AvgIpc) is 3.26. The Kier molecular flexibility index (Phi) is 7.46. The maximum absolute atomic E-state index is 13.8. The minimum absolute atomic E-state index is 0.115. The van der Waals surface area contributed by atoms with E-state index in [9.17, 15) is 9.59 Å². The second-order valence-corrected chi connectivity index (χ2v) is 7.88. The van der Waals surface area contributed by atoms with E-state index in [1.54, 1.807) is 55.9 Å². The molecule has 4 aromatic rings. The number of anilines is 1. The Balaban J connectivity index is 1.75. The molecule has 2 amide bonds. The molecule has 0 bridgehead atoms. The summed E-state index contributed by atoms with van der Waals surface area (Å²) in [6.45, 7) is 0.526. The minimum Gasteiger partial charge on any atom is -0.383 e. The Labute approximate surface area is 201 Å². The molecular formula is C24H23ClN6O3. The Bertz CT molecular complexity index is 1260. The molecule has 1 atom stereocenters. The number of pyridine rings is 1. The summed E-state index contributed by atoms with van der Waals surface area (Å²) in [5.74, 6) is -0.698. The summed E-state index contributed by atoms with van der Waals surface area (Å²) < 4.78 is 6.58. The summed E-state index contributed by atoms with van der Waals surface area (Å²) >= 11 is 6.09. The normalized spacial score (nSPS) is 11.8. The summed E-state index contributed by atoms with van der Waals surface area (Å²) in [4.78, 5) is 32.7. The van der Waals surface area contributed by atoms with Gasteiger partial charge in [0.1, 0.15) is 18.1 Å². The molecule has 4 rings (SSSR count). The second-order valence-electron chi connectivity index (χ2n) is 7.44. The second kappa shape index (κ2) is 10.9. The quantitative estimate of drug-likeness (QED) is 0.371. The Morgan fingerprint density at radius 3 is 2.56 bits per heavy atom. The number of nitrogens with zero attached hydrogens (tertiary/aromatic N) is 5. The van der Waals surface area contributed by atoms with Crippen LogP contribution in [-0.4, -0.2) is 52.1 Å². The summed E-state index contributed by atoms with van der Waals surface area (Å²) in [5, 5.41) is 11.6. The third-order valence-electron chi connectivity index (χ3n) is 5.21. The maximum atomic E-state index is 13.8. The number of methoxy groups -OCH3 is 1. The lowest BCUT2D eigenvalue weighted by molar-refractivity contribution is -0.127. The highest BCUT2D eigenvalue weighted by atomic mass is 35.5. The number of ether oxygens (including phenoxy) is 1. The van der Waals surface area contributed by atoms with Crippen LogP contribution < -0.4 is 10.2 Å².